The van der Waals surface area contributed by atoms with Crippen LogP contribution in [0.3, 0.4) is 0 Å². The molecule has 0 amide bonds. The van der Waals surface area contributed by atoms with Crippen LogP contribution in [0, 0.1) is 0 Å². The number of hydrogen-bond donors (Lipinski definition) is 0. The molecule has 1 aromatic rings. The molecule has 16 heavy (non-hydrogen) atoms. The Labute approximate surface area is 97.0 Å². The van der Waals surface area contributed by atoms with Crippen molar-refractivity contribution >= 4 is 9.84 Å². The molecule has 0 saturated heterocycles. The second-order valence-corrected chi connectivity index (χ2v) is 5.80. The fourth-order valence-corrected chi connectivity index (χ4v) is 2.86. The lowest BCUT2D eigenvalue weighted by Gasteiger charge is -2.03. The van der Waals surface area contributed by atoms with Gasteiger partial charge in [0.1, 0.15) is 0 Å². The third-order valence-corrected chi connectivity index (χ3v) is 4.19. The molecule has 0 spiro atoms. The highest BCUT2D eigenvalue weighted by atomic mass is 32.2. The van der Waals surface area contributed by atoms with Crippen LogP contribution < -0.4 is 0 Å². The zero-order valence-corrected chi connectivity index (χ0v) is 10.4. The Balaban J connectivity index is 0.00000225. The van der Waals surface area contributed by atoms with Crippen LogP contribution in [0.2, 0.25) is 0 Å². The first-order valence-corrected chi connectivity index (χ1v) is 7.10. The topological polar surface area (TPSA) is 34.1 Å². The molecule has 0 aliphatic carbocycles. The van der Waals surface area contributed by atoms with Crippen LogP contribution in [0.4, 0.5) is 4.70 Å². The molecule has 0 radical (unpaired) electrons. The maximum absolute atomic E-state index is 11.8. The van der Waals surface area contributed by atoms with Gasteiger partial charge in [0.2, 0.25) is 0 Å². The molecule has 0 atom stereocenters. The standard InChI is InChI=1S/C12H18O2S.FH/c1-2-3-4-8-11-15(13,14)12-9-6-5-7-10-12;/h5-7,9-10H,2-4,8,11H2,1H3;1H. The summed E-state index contributed by atoms with van der Waals surface area (Å²) in [5.41, 5.74) is 0. The molecule has 92 valence electrons. The summed E-state index contributed by atoms with van der Waals surface area (Å²) in [4.78, 5) is 0.446. The van der Waals surface area contributed by atoms with Gasteiger partial charge in [0, 0.05) is 0 Å². The first-order valence-electron chi connectivity index (χ1n) is 5.44. The fourth-order valence-electron chi connectivity index (χ4n) is 1.46. The third-order valence-electron chi connectivity index (χ3n) is 2.37. The van der Waals surface area contributed by atoms with E-state index in [1.807, 2.05) is 6.07 Å². The number of unbranched alkanes of at least 4 members (excludes halogenated alkanes) is 3. The van der Waals surface area contributed by atoms with Gasteiger partial charge >= 0.3 is 0 Å². The highest BCUT2D eigenvalue weighted by Crippen LogP contribution is 2.12. The largest absolute Gasteiger partial charge is 0.269 e. The van der Waals surface area contributed by atoms with Gasteiger partial charge in [-0.05, 0) is 18.6 Å². The second-order valence-electron chi connectivity index (χ2n) is 3.69. The molecule has 0 aromatic heterocycles. The van der Waals surface area contributed by atoms with E-state index in [-0.39, 0.29) is 10.5 Å². The maximum Gasteiger partial charge on any atom is 0.178 e. The Kier molecular flexibility index (Phi) is 6.97. The third kappa shape index (κ3) is 4.75. The monoisotopic (exact) mass is 246 g/mol. The predicted octanol–water partition coefficient (Wildman–Crippen LogP) is 3.19. The lowest BCUT2D eigenvalue weighted by Crippen LogP contribution is -2.06. The molecular formula is C12H19FO2S. The molecule has 0 aliphatic heterocycles. The number of rotatable bonds is 6. The zero-order valence-electron chi connectivity index (χ0n) is 9.56. The number of halogens is 1. The van der Waals surface area contributed by atoms with E-state index in [9.17, 15) is 8.42 Å². The van der Waals surface area contributed by atoms with Crippen molar-refractivity contribution in [3.63, 3.8) is 0 Å². The highest BCUT2D eigenvalue weighted by Gasteiger charge is 2.12. The van der Waals surface area contributed by atoms with Crippen LogP contribution in [-0.2, 0) is 9.84 Å². The van der Waals surface area contributed by atoms with E-state index in [1.165, 1.54) is 0 Å². The molecule has 0 bridgehead atoms. The van der Waals surface area contributed by atoms with Gasteiger partial charge in [0.05, 0.1) is 10.6 Å². The van der Waals surface area contributed by atoms with E-state index in [2.05, 4.69) is 6.92 Å². The van der Waals surface area contributed by atoms with Crippen LogP contribution in [0.25, 0.3) is 0 Å². The van der Waals surface area contributed by atoms with Crippen molar-refractivity contribution in [1.29, 1.82) is 0 Å². The molecule has 2 nitrogen and oxygen atoms in total. The summed E-state index contributed by atoms with van der Waals surface area (Å²) >= 11 is 0. The minimum Gasteiger partial charge on any atom is -0.269 e. The quantitative estimate of drug-likeness (QED) is 0.722. The van der Waals surface area contributed by atoms with E-state index >= 15 is 0 Å². The van der Waals surface area contributed by atoms with Crippen LogP contribution in [0.1, 0.15) is 32.6 Å². The summed E-state index contributed by atoms with van der Waals surface area (Å²) in [6.07, 6.45) is 4.02. The van der Waals surface area contributed by atoms with E-state index in [4.69, 9.17) is 0 Å². The molecule has 0 fully saturated rings. The Bertz CT molecular complexity index is 373. The Morgan fingerprint density at radius 1 is 1.00 bits per heavy atom. The number of benzene rings is 1. The van der Waals surface area contributed by atoms with Crippen molar-refractivity contribution in [1.82, 2.24) is 0 Å². The van der Waals surface area contributed by atoms with Crippen molar-refractivity contribution in [2.45, 2.75) is 37.5 Å². The summed E-state index contributed by atoms with van der Waals surface area (Å²) in [5, 5.41) is 0. The van der Waals surface area contributed by atoms with Crippen molar-refractivity contribution in [3.8, 4) is 0 Å². The first kappa shape index (κ1) is 15.1. The van der Waals surface area contributed by atoms with Crippen LogP contribution in [0.15, 0.2) is 35.2 Å². The van der Waals surface area contributed by atoms with E-state index in [0.29, 0.717) is 4.90 Å². The van der Waals surface area contributed by atoms with Crippen molar-refractivity contribution in [2.24, 2.45) is 0 Å². The van der Waals surface area contributed by atoms with E-state index < -0.39 is 9.84 Å². The summed E-state index contributed by atoms with van der Waals surface area (Å²) in [5.74, 6) is 0.275. The zero-order chi connectivity index (χ0) is 11.1. The minimum absolute atomic E-state index is 0. The van der Waals surface area contributed by atoms with Gasteiger partial charge in [-0.3, -0.25) is 4.70 Å². The van der Waals surface area contributed by atoms with Crippen molar-refractivity contribution < 1.29 is 13.1 Å². The summed E-state index contributed by atoms with van der Waals surface area (Å²) in [6, 6.07) is 8.68. The van der Waals surface area contributed by atoms with Crippen LogP contribution in [-0.4, -0.2) is 14.2 Å². The lowest BCUT2D eigenvalue weighted by molar-refractivity contribution is 0.589. The SMILES string of the molecule is CCCCCCS(=O)(=O)c1ccccc1.F. The molecule has 1 rings (SSSR count). The van der Waals surface area contributed by atoms with E-state index in [1.54, 1.807) is 24.3 Å². The summed E-state index contributed by atoms with van der Waals surface area (Å²) in [6.45, 7) is 2.12. The van der Waals surface area contributed by atoms with Crippen LogP contribution >= 0.6 is 0 Å². The average molecular weight is 246 g/mol. The Morgan fingerprint density at radius 2 is 1.62 bits per heavy atom. The average Bonchev–Trinajstić information content (AvgIpc) is 2.26. The predicted molar refractivity (Wildman–Crippen MR) is 65.1 cm³/mol. The Morgan fingerprint density at radius 3 is 2.19 bits per heavy atom. The van der Waals surface area contributed by atoms with Crippen LogP contribution in [0.5, 0.6) is 0 Å². The second kappa shape index (κ2) is 7.39. The number of hydrogen-bond acceptors (Lipinski definition) is 2. The van der Waals surface area contributed by atoms with Gasteiger partial charge < -0.3 is 0 Å². The highest BCUT2D eigenvalue weighted by molar-refractivity contribution is 7.91. The molecule has 4 heteroatoms. The Hall–Kier alpha value is -0.900. The van der Waals surface area contributed by atoms with Gasteiger partial charge in [-0.25, -0.2) is 8.42 Å². The molecule has 1 aromatic carbocycles. The normalized spacial score (nSPS) is 10.8. The first-order chi connectivity index (χ1) is 7.17. The number of sulfone groups is 1. The van der Waals surface area contributed by atoms with Gasteiger partial charge in [-0.15, -0.1) is 0 Å². The van der Waals surface area contributed by atoms with Crippen molar-refractivity contribution in [3.05, 3.63) is 30.3 Å². The smallest absolute Gasteiger partial charge is 0.178 e. The van der Waals surface area contributed by atoms with Gasteiger partial charge in [-0.2, -0.15) is 0 Å². The van der Waals surface area contributed by atoms with E-state index in [0.717, 1.165) is 25.7 Å². The van der Waals surface area contributed by atoms with Gasteiger partial charge in [0.15, 0.2) is 9.84 Å². The summed E-state index contributed by atoms with van der Waals surface area (Å²) < 4.78 is 23.6. The molecule has 0 N–H and O–H groups in total. The summed E-state index contributed by atoms with van der Waals surface area (Å²) in [7, 11) is -3.04. The molecule has 0 saturated carbocycles. The fraction of sp³-hybridized carbons (Fsp3) is 0.500. The molecule has 0 heterocycles. The molecule has 0 unspecified atom stereocenters. The lowest BCUT2D eigenvalue weighted by atomic mass is 10.2. The van der Waals surface area contributed by atoms with Crippen molar-refractivity contribution in [2.75, 3.05) is 5.75 Å². The maximum atomic E-state index is 11.8. The van der Waals surface area contributed by atoms with Gasteiger partial charge in [-0.1, -0.05) is 44.4 Å². The molecular weight excluding hydrogens is 227 g/mol. The molecule has 0 aliphatic rings. The minimum atomic E-state index is -3.04. The van der Waals surface area contributed by atoms with Gasteiger partial charge in [0.25, 0.3) is 0 Å².